The first-order valence-electron chi connectivity index (χ1n) is 6.05. The second-order valence-corrected chi connectivity index (χ2v) is 4.74. The molecule has 0 spiro atoms. The van der Waals surface area contributed by atoms with Gasteiger partial charge in [-0.3, -0.25) is 0 Å². The van der Waals surface area contributed by atoms with Gasteiger partial charge in [0.15, 0.2) is 0 Å². The molecule has 0 radical (unpaired) electrons. The average Bonchev–Trinajstić information content (AvgIpc) is 2.39. The Kier molecular flexibility index (Phi) is 4.24. The fraction of sp³-hybridized carbons (Fsp3) is 0.615. The number of methoxy groups -OCH3 is 1. The molecule has 4 heteroatoms. The van der Waals surface area contributed by atoms with Crippen LogP contribution >= 0.6 is 11.6 Å². The lowest BCUT2D eigenvalue weighted by molar-refractivity contribution is 0.0818. The van der Waals surface area contributed by atoms with Crippen molar-refractivity contribution in [2.45, 2.75) is 31.7 Å². The fourth-order valence-corrected chi connectivity index (χ4v) is 2.50. The first kappa shape index (κ1) is 12.7. The van der Waals surface area contributed by atoms with Gasteiger partial charge < -0.3 is 9.64 Å². The van der Waals surface area contributed by atoms with Crippen molar-refractivity contribution < 1.29 is 4.74 Å². The SMILES string of the molecule is COC1CCN(c2ccc(CCl)c(C)n2)CC1. The zero-order valence-electron chi connectivity index (χ0n) is 10.4. The lowest BCUT2D eigenvalue weighted by Gasteiger charge is -2.32. The lowest BCUT2D eigenvalue weighted by Crippen LogP contribution is -2.37. The number of anilines is 1. The Morgan fingerprint density at radius 1 is 1.41 bits per heavy atom. The van der Waals surface area contributed by atoms with Crippen LogP contribution in [0, 0.1) is 6.92 Å². The fourth-order valence-electron chi connectivity index (χ4n) is 2.21. The highest BCUT2D eigenvalue weighted by Crippen LogP contribution is 2.21. The summed E-state index contributed by atoms with van der Waals surface area (Å²) in [5, 5.41) is 0. The summed E-state index contributed by atoms with van der Waals surface area (Å²) < 4.78 is 5.37. The molecule has 3 nitrogen and oxygen atoms in total. The van der Waals surface area contributed by atoms with Gasteiger partial charge in [-0.2, -0.15) is 0 Å². The van der Waals surface area contributed by atoms with Gasteiger partial charge in [-0.1, -0.05) is 6.07 Å². The minimum absolute atomic E-state index is 0.412. The number of hydrogen-bond acceptors (Lipinski definition) is 3. The zero-order valence-corrected chi connectivity index (χ0v) is 11.2. The molecule has 17 heavy (non-hydrogen) atoms. The molecule has 1 fully saturated rings. The van der Waals surface area contributed by atoms with Crippen molar-refractivity contribution in [1.29, 1.82) is 0 Å². The van der Waals surface area contributed by atoms with Crippen LogP contribution in [-0.4, -0.2) is 31.3 Å². The van der Waals surface area contributed by atoms with Crippen LogP contribution in [0.4, 0.5) is 5.82 Å². The van der Waals surface area contributed by atoms with Crippen LogP contribution in [-0.2, 0) is 10.6 Å². The van der Waals surface area contributed by atoms with Gasteiger partial charge in [-0.15, -0.1) is 11.6 Å². The maximum atomic E-state index is 5.84. The minimum atomic E-state index is 0.412. The van der Waals surface area contributed by atoms with Crippen molar-refractivity contribution in [2.24, 2.45) is 0 Å². The third kappa shape index (κ3) is 2.90. The topological polar surface area (TPSA) is 25.4 Å². The van der Waals surface area contributed by atoms with Crippen LogP contribution in [0.3, 0.4) is 0 Å². The largest absolute Gasteiger partial charge is 0.381 e. The Balaban J connectivity index is 2.06. The number of halogens is 1. The third-order valence-electron chi connectivity index (χ3n) is 3.42. The molecule has 94 valence electrons. The summed E-state index contributed by atoms with van der Waals surface area (Å²) >= 11 is 5.84. The summed E-state index contributed by atoms with van der Waals surface area (Å²) in [5.41, 5.74) is 2.15. The van der Waals surface area contributed by atoms with Crippen LogP contribution in [0.5, 0.6) is 0 Å². The highest BCUT2D eigenvalue weighted by Gasteiger charge is 2.19. The number of nitrogens with zero attached hydrogens (tertiary/aromatic N) is 2. The van der Waals surface area contributed by atoms with Crippen LogP contribution in [0.15, 0.2) is 12.1 Å². The molecular formula is C13H19ClN2O. The van der Waals surface area contributed by atoms with Crippen LogP contribution in [0.1, 0.15) is 24.1 Å². The molecule has 1 aliphatic heterocycles. The summed E-state index contributed by atoms with van der Waals surface area (Å²) in [6, 6.07) is 4.14. The van der Waals surface area contributed by atoms with E-state index < -0.39 is 0 Å². The van der Waals surface area contributed by atoms with Crippen LogP contribution in [0.25, 0.3) is 0 Å². The van der Waals surface area contributed by atoms with E-state index in [-0.39, 0.29) is 0 Å². The maximum Gasteiger partial charge on any atom is 0.128 e. The number of ether oxygens (including phenoxy) is 1. The molecule has 1 saturated heterocycles. The predicted molar refractivity (Wildman–Crippen MR) is 70.8 cm³/mol. The first-order valence-corrected chi connectivity index (χ1v) is 6.58. The highest BCUT2D eigenvalue weighted by atomic mass is 35.5. The van der Waals surface area contributed by atoms with Gasteiger partial charge in [-0.25, -0.2) is 4.98 Å². The standard InChI is InChI=1S/C13H19ClN2O/c1-10-11(9-14)3-4-13(15-10)16-7-5-12(17-2)6-8-16/h3-4,12H,5-9H2,1-2H3. The molecular weight excluding hydrogens is 236 g/mol. The van der Waals surface area contributed by atoms with Crippen molar-refractivity contribution in [3.8, 4) is 0 Å². The van der Waals surface area contributed by atoms with Gasteiger partial charge in [0.2, 0.25) is 0 Å². The van der Waals surface area contributed by atoms with Crippen molar-refractivity contribution in [3.63, 3.8) is 0 Å². The molecule has 1 aromatic rings. The molecule has 0 aliphatic carbocycles. The van der Waals surface area contributed by atoms with E-state index in [4.69, 9.17) is 16.3 Å². The van der Waals surface area contributed by atoms with E-state index in [0.29, 0.717) is 12.0 Å². The smallest absolute Gasteiger partial charge is 0.128 e. The Bertz CT molecular complexity index is 376. The number of rotatable bonds is 3. The molecule has 0 saturated carbocycles. The first-order chi connectivity index (χ1) is 8.24. The minimum Gasteiger partial charge on any atom is -0.381 e. The predicted octanol–water partition coefficient (Wildman–Crippen LogP) is 2.74. The summed E-state index contributed by atoms with van der Waals surface area (Å²) in [6.45, 7) is 4.06. The number of aryl methyl sites for hydroxylation is 1. The number of alkyl halides is 1. The third-order valence-corrected chi connectivity index (χ3v) is 3.71. The molecule has 0 bridgehead atoms. The van der Waals surface area contributed by atoms with Gasteiger partial charge in [0.05, 0.1) is 6.10 Å². The van der Waals surface area contributed by atoms with E-state index in [9.17, 15) is 0 Å². The van der Waals surface area contributed by atoms with Crippen molar-refractivity contribution in [3.05, 3.63) is 23.4 Å². The number of pyridine rings is 1. The van der Waals surface area contributed by atoms with E-state index >= 15 is 0 Å². The summed E-state index contributed by atoms with van der Waals surface area (Å²) in [5.74, 6) is 1.59. The summed E-state index contributed by atoms with van der Waals surface area (Å²) in [7, 11) is 1.79. The highest BCUT2D eigenvalue weighted by molar-refractivity contribution is 6.17. The lowest BCUT2D eigenvalue weighted by atomic mass is 10.1. The van der Waals surface area contributed by atoms with Crippen molar-refractivity contribution in [2.75, 3.05) is 25.1 Å². The van der Waals surface area contributed by atoms with Gasteiger partial charge in [0.25, 0.3) is 0 Å². The van der Waals surface area contributed by atoms with Gasteiger partial charge in [0, 0.05) is 31.8 Å². The molecule has 1 aliphatic rings. The quantitative estimate of drug-likeness (QED) is 0.776. The van der Waals surface area contributed by atoms with E-state index in [1.165, 1.54) is 0 Å². The number of aromatic nitrogens is 1. The molecule has 0 N–H and O–H groups in total. The van der Waals surface area contributed by atoms with Gasteiger partial charge in [-0.05, 0) is 31.4 Å². The number of hydrogen-bond donors (Lipinski definition) is 0. The Labute approximate surface area is 108 Å². The molecule has 0 aromatic carbocycles. The molecule has 1 aromatic heterocycles. The molecule has 0 unspecified atom stereocenters. The normalized spacial score (nSPS) is 17.5. The van der Waals surface area contributed by atoms with E-state index in [1.807, 2.05) is 6.92 Å². The maximum absolute atomic E-state index is 5.84. The summed E-state index contributed by atoms with van der Waals surface area (Å²) in [6.07, 6.45) is 2.57. The Hall–Kier alpha value is -0.800. The van der Waals surface area contributed by atoms with Crippen molar-refractivity contribution >= 4 is 17.4 Å². The number of piperidine rings is 1. The second-order valence-electron chi connectivity index (χ2n) is 4.47. The molecule has 0 amide bonds. The Morgan fingerprint density at radius 2 is 2.12 bits per heavy atom. The van der Waals surface area contributed by atoms with Crippen LogP contribution < -0.4 is 4.90 Å². The van der Waals surface area contributed by atoms with E-state index in [0.717, 1.165) is 43.0 Å². The van der Waals surface area contributed by atoms with Crippen LogP contribution in [0.2, 0.25) is 0 Å². The molecule has 2 heterocycles. The second kappa shape index (κ2) is 5.69. The van der Waals surface area contributed by atoms with E-state index in [1.54, 1.807) is 7.11 Å². The zero-order chi connectivity index (χ0) is 12.3. The monoisotopic (exact) mass is 254 g/mol. The summed E-state index contributed by atoms with van der Waals surface area (Å²) in [4.78, 5) is 6.94. The Morgan fingerprint density at radius 3 is 2.65 bits per heavy atom. The molecule has 0 atom stereocenters. The van der Waals surface area contributed by atoms with E-state index in [2.05, 4.69) is 22.0 Å². The van der Waals surface area contributed by atoms with Crippen molar-refractivity contribution in [1.82, 2.24) is 4.98 Å². The van der Waals surface area contributed by atoms with Gasteiger partial charge >= 0.3 is 0 Å². The molecule has 2 rings (SSSR count). The van der Waals surface area contributed by atoms with Gasteiger partial charge in [0.1, 0.15) is 5.82 Å². The average molecular weight is 255 g/mol.